The second-order valence-electron chi connectivity index (χ2n) is 14.6. The molecule has 268 valence electrons. The minimum Gasteiger partial charge on any atom is -0.373 e. The quantitative estimate of drug-likeness (QED) is 0.108. The number of allylic oxidation sites excluding steroid dienone is 8. The monoisotopic (exact) mass is 695 g/mol. The zero-order chi connectivity index (χ0) is 36.5. The molecule has 4 aromatic carbocycles. The van der Waals surface area contributed by atoms with Gasteiger partial charge in [-0.05, 0) is 116 Å². The van der Waals surface area contributed by atoms with Crippen molar-refractivity contribution in [3.63, 3.8) is 0 Å². The highest BCUT2D eigenvalue weighted by atomic mass is 16.5. The highest BCUT2D eigenvalue weighted by Crippen LogP contribution is 2.50. The second kappa shape index (κ2) is 17.1. The van der Waals surface area contributed by atoms with Gasteiger partial charge in [0.1, 0.15) is 0 Å². The Hall–Kier alpha value is -5.18. The largest absolute Gasteiger partial charge is 0.373 e. The van der Waals surface area contributed by atoms with Gasteiger partial charge >= 0.3 is 0 Å². The van der Waals surface area contributed by atoms with Gasteiger partial charge in [-0.3, -0.25) is 0 Å². The van der Waals surface area contributed by atoms with E-state index < -0.39 is 0 Å². The van der Waals surface area contributed by atoms with Crippen molar-refractivity contribution in [3.8, 4) is 0 Å². The number of hydrogen-bond donors (Lipinski definition) is 0. The molecule has 3 aliphatic rings. The molecule has 1 unspecified atom stereocenters. The highest BCUT2D eigenvalue weighted by molar-refractivity contribution is 5.90. The maximum Gasteiger partial charge on any atom is 0.0885 e. The summed E-state index contributed by atoms with van der Waals surface area (Å²) in [4.78, 5) is 2.54. The van der Waals surface area contributed by atoms with Gasteiger partial charge in [0.2, 0.25) is 0 Å². The number of fused-ring (bicyclic) bond motifs is 1. The number of rotatable bonds is 12. The Morgan fingerprint density at radius 1 is 0.811 bits per heavy atom. The molecule has 1 heterocycles. The van der Waals surface area contributed by atoms with Crippen molar-refractivity contribution in [1.29, 1.82) is 0 Å². The number of ether oxygens (including phenoxy) is 1. The molecular formula is C51H53NO. The first-order valence-electron chi connectivity index (χ1n) is 19.6. The maximum atomic E-state index is 6.57. The lowest BCUT2D eigenvalue weighted by Crippen LogP contribution is -2.33. The van der Waals surface area contributed by atoms with Crippen molar-refractivity contribution in [2.75, 3.05) is 11.5 Å². The van der Waals surface area contributed by atoms with Crippen molar-refractivity contribution in [2.24, 2.45) is 0 Å². The lowest BCUT2D eigenvalue weighted by atomic mass is 9.65. The van der Waals surface area contributed by atoms with Crippen LogP contribution in [0.5, 0.6) is 0 Å². The molecule has 1 aliphatic heterocycles. The lowest BCUT2D eigenvalue weighted by molar-refractivity contribution is 0.0807. The van der Waals surface area contributed by atoms with Gasteiger partial charge in [-0.1, -0.05) is 146 Å². The van der Waals surface area contributed by atoms with Crippen LogP contribution in [0.25, 0.3) is 5.57 Å². The first kappa shape index (κ1) is 36.2. The molecule has 2 nitrogen and oxygen atoms in total. The number of anilines is 1. The first-order valence-corrected chi connectivity index (χ1v) is 19.6. The van der Waals surface area contributed by atoms with Crippen LogP contribution >= 0.6 is 0 Å². The van der Waals surface area contributed by atoms with Crippen molar-refractivity contribution >= 4 is 11.3 Å². The van der Waals surface area contributed by atoms with E-state index in [0.29, 0.717) is 6.61 Å². The molecule has 53 heavy (non-hydrogen) atoms. The van der Waals surface area contributed by atoms with E-state index in [0.717, 1.165) is 44.1 Å². The van der Waals surface area contributed by atoms with E-state index in [1.165, 1.54) is 68.9 Å². The molecule has 7 rings (SSSR count). The number of unbranched alkanes of at least 4 members (excludes halogenated alkanes) is 2. The zero-order valence-corrected chi connectivity index (χ0v) is 31.5. The van der Waals surface area contributed by atoms with Gasteiger partial charge in [0.15, 0.2) is 0 Å². The number of hydrogen-bond acceptors (Lipinski definition) is 2. The molecule has 0 radical (unpaired) electrons. The molecule has 0 N–H and O–H groups in total. The van der Waals surface area contributed by atoms with Gasteiger partial charge in [0.05, 0.1) is 12.7 Å². The summed E-state index contributed by atoms with van der Waals surface area (Å²) in [5.74, 6) is 0. The van der Waals surface area contributed by atoms with E-state index in [2.05, 4.69) is 183 Å². The summed E-state index contributed by atoms with van der Waals surface area (Å²) in [5.41, 5.74) is 13.5. The predicted octanol–water partition coefficient (Wildman–Crippen LogP) is 13.0. The summed E-state index contributed by atoms with van der Waals surface area (Å²) in [6.07, 6.45) is 24.0. The molecule has 1 atom stereocenters. The van der Waals surface area contributed by atoms with Crippen LogP contribution in [0.3, 0.4) is 0 Å². The Kier molecular flexibility index (Phi) is 11.7. The Labute approximate surface area is 317 Å². The summed E-state index contributed by atoms with van der Waals surface area (Å²) in [6, 6.07) is 42.6. The van der Waals surface area contributed by atoms with E-state index in [1.807, 2.05) is 0 Å². The van der Waals surface area contributed by atoms with Crippen LogP contribution < -0.4 is 4.90 Å². The van der Waals surface area contributed by atoms with E-state index in [-0.39, 0.29) is 11.5 Å². The highest BCUT2D eigenvalue weighted by Gasteiger charge is 2.39. The Morgan fingerprint density at radius 2 is 1.49 bits per heavy atom. The molecule has 0 saturated heterocycles. The van der Waals surface area contributed by atoms with Crippen LogP contribution in [0, 0.1) is 0 Å². The first-order chi connectivity index (χ1) is 26.1. The van der Waals surface area contributed by atoms with Gasteiger partial charge in [-0.15, -0.1) is 0 Å². The molecule has 0 aromatic heterocycles. The Bertz CT molecular complexity index is 2000. The fraction of sp³-hybridized carbons (Fsp3) is 0.255. The number of nitrogens with zero attached hydrogens (tertiary/aromatic N) is 1. The lowest BCUT2D eigenvalue weighted by Gasteiger charge is -2.42. The average Bonchev–Trinajstić information content (AvgIpc) is 3.21. The Balaban J connectivity index is 1.40. The zero-order valence-electron chi connectivity index (χ0n) is 31.5. The van der Waals surface area contributed by atoms with E-state index >= 15 is 0 Å². The van der Waals surface area contributed by atoms with Gasteiger partial charge in [-0.2, -0.15) is 0 Å². The SMILES string of the molecule is C=C1/C=C\CCOC2CC(N(C3=CCCC(C(C)(c4ccccc4)c4ccccc4)=C3c3ccccc3)c3ccc(CCCC/C=C\C)cc3)=CC=C12. The number of benzene rings is 4. The maximum absolute atomic E-state index is 6.57. The molecule has 4 aromatic rings. The minimum atomic E-state index is -0.351. The summed E-state index contributed by atoms with van der Waals surface area (Å²) in [5, 5.41) is 0. The van der Waals surface area contributed by atoms with Crippen LogP contribution in [0.15, 0.2) is 192 Å². The normalized spacial score (nSPS) is 18.4. The molecule has 0 amide bonds. The summed E-state index contributed by atoms with van der Waals surface area (Å²) in [6.45, 7) is 9.66. The van der Waals surface area contributed by atoms with Crippen molar-refractivity contribution in [2.45, 2.75) is 76.7 Å². The van der Waals surface area contributed by atoms with Gasteiger partial charge in [-0.25, -0.2) is 0 Å². The van der Waals surface area contributed by atoms with Crippen LogP contribution in [0.2, 0.25) is 0 Å². The third-order valence-corrected chi connectivity index (χ3v) is 11.2. The topological polar surface area (TPSA) is 12.5 Å². The van der Waals surface area contributed by atoms with Gasteiger partial charge in [0.25, 0.3) is 0 Å². The number of aryl methyl sites for hydroxylation is 1. The van der Waals surface area contributed by atoms with Crippen LogP contribution in [-0.4, -0.2) is 12.7 Å². The predicted molar refractivity (Wildman–Crippen MR) is 225 cm³/mol. The second-order valence-corrected chi connectivity index (χ2v) is 14.6. The summed E-state index contributed by atoms with van der Waals surface area (Å²) >= 11 is 0. The summed E-state index contributed by atoms with van der Waals surface area (Å²) in [7, 11) is 0. The molecule has 0 bridgehead atoms. The molecule has 0 saturated carbocycles. The van der Waals surface area contributed by atoms with Crippen LogP contribution in [0.1, 0.15) is 81.0 Å². The smallest absolute Gasteiger partial charge is 0.0885 e. The van der Waals surface area contributed by atoms with E-state index in [1.54, 1.807) is 0 Å². The fourth-order valence-electron chi connectivity index (χ4n) is 8.34. The third-order valence-electron chi connectivity index (χ3n) is 11.2. The summed E-state index contributed by atoms with van der Waals surface area (Å²) < 4.78 is 6.57. The van der Waals surface area contributed by atoms with E-state index in [9.17, 15) is 0 Å². The van der Waals surface area contributed by atoms with Crippen LogP contribution in [0.4, 0.5) is 5.69 Å². The molecule has 2 aliphatic carbocycles. The van der Waals surface area contributed by atoms with E-state index in [4.69, 9.17) is 4.74 Å². The minimum absolute atomic E-state index is 0.0434. The molecule has 0 spiro atoms. The fourth-order valence-corrected chi connectivity index (χ4v) is 8.34. The van der Waals surface area contributed by atoms with Crippen molar-refractivity contribution in [3.05, 3.63) is 215 Å². The van der Waals surface area contributed by atoms with Crippen LogP contribution in [-0.2, 0) is 16.6 Å². The average molecular weight is 696 g/mol. The Morgan fingerprint density at radius 3 is 2.17 bits per heavy atom. The molecule has 2 heteroatoms. The van der Waals surface area contributed by atoms with Gasteiger partial charge < -0.3 is 9.64 Å². The van der Waals surface area contributed by atoms with Gasteiger partial charge in [0, 0.05) is 34.5 Å². The van der Waals surface area contributed by atoms with Crippen molar-refractivity contribution < 1.29 is 4.74 Å². The standard InChI is InChI=1S/C51H53NO/c1-4-5-6-7-11-22-40-31-33-44(34-32-40)52(45-35-36-46-39(2)21-18-19-37-53-49(46)38-45)48-30-20-29-47(50(48)41-23-12-8-13-24-41)51(3,42-25-14-9-15-26-42)43-27-16-10-17-28-43/h4-5,8-10,12-18,21,23-28,30-36,49H,2,6-7,11,19-20,22,29,37-38H2,1,3H3/b5-4-,21-18-. The van der Waals surface area contributed by atoms with Crippen molar-refractivity contribution in [1.82, 2.24) is 0 Å². The third kappa shape index (κ3) is 7.94. The molecular weight excluding hydrogens is 643 g/mol. The molecule has 0 fully saturated rings.